The highest BCUT2D eigenvalue weighted by Crippen LogP contribution is 2.39. The van der Waals surface area contributed by atoms with E-state index in [0.29, 0.717) is 22.7 Å². The van der Waals surface area contributed by atoms with E-state index in [0.717, 1.165) is 10.5 Å². The van der Waals surface area contributed by atoms with Crippen molar-refractivity contribution in [1.29, 1.82) is 0 Å². The molecule has 0 aromatic heterocycles. The summed E-state index contributed by atoms with van der Waals surface area (Å²) in [5.74, 6) is 0.176. The zero-order valence-corrected chi connectivity index (χ0v) is 16.9. The molecule has 3 rings (SSSR count). The lowest BCUT2D eigenvalue weighted by Crippen LogP contribution is -2.35. The number of amides is 2. The number of likely N-dealkylation sites (N-methyl/N-ethyl adjacent to an activating group) is 1. The van der Waals surface area contributed by atoms with E-state index in [4.69, 9.17) is 9.47 Å². The lowest BCUT2D eigenvalue weighted by molar-refractivity contribution is -0.120. The minimum absolute atomic E-state index is 0.148. The molecular formula is C22H24N2O5. The number of benzene rings is 2. The van der Waals surface area contributed by atoms with Gasteiger partial charge < -0.3 is 19.5 Å². The van der Waals surface area contributed by atoms with Crippen molar-refractivity contribution in [1.82, 2.24) is 4.90 Å². The SMILES string of the molecule is COc1ccc(C2=C(N(C)CCO)C(=O)N(c3cc(C)ccc3OC)C2=O)cc1. The highest BCUT2D eigenvalue weighted by atomic mass is 16.5. The molecule has 7 nitrogen and oxygen atoms in total. The molecule has 7 heteroatoms. The van der Waals surface area contributed by atoms with Gasteiger partial charge in [-0.1, -0.05) is 18.2 Å². The Balaban J connectivity index is 2.15. The normalized spacial score (nSPS) is 13.9. The van der Waals surface area contributed by atoms with Crippen LogP contribution in [0.4, 0.5) is 5.69 Å². The van der Waals surface area contributed by atoms with Gasteiger partial charge in [0.25, 0.3) is 11.8 Å². The zero-order valence-electron chi connectivity index (χ0n) is 16.9. The van der Waals surface area contributed by atoms with E-state index in [9.17, 15) is 14.7 Å². The van der Waals surface area contributed by atoms with Crippen molar-refractivity contribution in [3.05, 3.63) is 59.3 Å². The molecule has 0 aliphatic carbocycles. The fourth-order valence-electron chi connectivity index (χ4n) is 3.35. The van der Waals surface area contributed by atoms with Gasteiger partial charge in [-0.25, -0.2) is 4.90 Å². The molecule has 0 spiro atoms. The molecule has 0 atom stereocenters. The van der Waals surface area contributed by atoms with Crippen molar-refractivity contribution in [3.63, 3.8) is 0 Å². The molecule has 1 aliphatic rings. The number of aliphatic hydroxyl groups is 1. The molecule has 1 heterocycles. The van der Waals surface area contributed by atoms with E-state index in [-0.39, 0.29) is 24.4 Å². The van der Waals surface area contributed by atoms with Crippen LogP contribution in [0.5, 0.6) is 11.5 Å². The number of aryl methyl sites for hydroxylation is 1. The first kappa shape index (κ1) is 20.4. The van der Waals surface area contributed by atoms with E-state index >= 15 is 0 Å². The average molecular weight is 396 g/mol. The lowest BCUT2D eigenvalue weighted by Gasteiger charge is -2.21. The van der Waals surface area contributed by atoms with Crippen LogP contribution in [-0.2, 0) is 9.59 Å². The van der Waals surface area contributed by atoms with Crippen molar-refractivity contribution in [2.45, 2.75) is 6.92 Å². The number of nitrogens with zero attached hydrogens (tertiary/aromatic N) is 2. The standard InChI is InChI=1S/C22H24N2O5/c1-14-5-10-18(29-4)17(13-14)24-21(26)19(15-6-8-16(28-3)9-7-15)20(22(24)27)23(2)11-12-25/h5-10,13,25H,11-12H2,1-4H3. The van der Waals surface area contributed by atoms with E-state index in [1.807, 2.05) is 13.0 Å². The van der Waals surface area contributed by atoms with E-state index < -0.39 is 11.8 Å². The van der Waals surface area contributed by atoms with E-state index in [1.165, 1.54) is 7.11 Å². The Bertz CT molecular complexity index is 966. The summed E-state index contributed by atoms with van der Waals surface area (Å²) < 4.78 is 10.6. The Hall–Kier alpha value is -3.32. The Morgan fingerprint density at radius 2 is 1.69 bits per heavy atom. The van der Waals surface area contributed by atoms with Gasteiger partial charge in [0.05, 0.1) is 32.1 Å². The van der Waals surface area contributed by atoms with Crippen LogP contribution < -0.4 is 14.4 Å². The van der Waals surface area contributed by atoms with Gasteiger partial charge in [0, 0.05) is 13.6 Å². The molecule has 2 aromatic carbocycles. The van der Waals surface area contributed by atoms with Crippen molar-refractivity contribution < 1.29 is 24.2 Å². The van der Waals surface area contributed by atoms with Gasteiger partial charge in [-0.2, -0.15) is 0 Å². The number of hydrogen-bond acceptors (Lipinski definition) is 6. The van der Waals surface area contributed by atoms with Crippen molar-refractivity contribution >= 4 is 23.1 Å². The van der Waals surface area contributed by atoms with Crippen LogP contribution in [0.1, 0.15) is 11.1 Å². The summed E-state index contributed by atoms with van der Waals surface area (Å²) in [6.07, 6.45) is 0. The monoisotopic (exact) mass is 396 g/mol. The molecule has 0 fully saturated rings. The first-order valence-electron chi connectivity index (χ1n) is 9.17. The van der Waals surface area contributed by atoms with E-state index in [1.54, 1.807) is 55.5 Å². The fraction of sp³-hybridized carbons (Fsp3) is 0.273. The molecule has 1 aliphatic heterocycles. The molecule has 2 aromatic rings. The topological polar surface area (TPSA) is 79.3 Å². The second-order valence-electron chi connectivity index (χ2n) is 6.72. The molecule has 0 saturated heterocycles. The Kier molecular flexibility index (Phi) is 5.89. The van der Waals surface area contributed by atoms with Crippen LogP contribution in [0, 0.1) is 6.92 Å². The number of carbonyl (C=O) groups excluding carboxylic acids is 2. The van der Waals surface area contributed by atoms with Crippen molar-refractivity contribution in [3.8, 4) is 11.5 Å². The van der Waals surface area contributed by atoms with Crippen LogP contribution in [0.25, 0.3) is 5.57 Å². The predicted molar refractivity (Wildman–Crippen MR) is 110 cm³/mol. The molecule has 0 saturated carbocycles. The maximum Gasteiger partial charge on any atom is 0.282 e. The molecule has 0 radical (unpaired) electrons. The third-order valence-electron chi connectivity index (χ3n) is 4.83. The van der Waals surface area contributed by atoms with Gasteiger partial charge in [-0.3, -0.25) is 9.59 Å². The van der Waals surface area contributed by atoms with Crippen LogP contribution >= 0.6 is 0 Å². The number of carbonyl (C=O) groups is 2. The number of rotatable bonds is 7. The summed E-state index contributed by atoms with van der Waals surface area (Å²) in [4.78, 5) is 29.5. The Morgan fingerprint density at radius 3 is 2.28 bits per heavy atom. The smallest absolute Gasteiger partial charge is 0.282 e. The van der Waals surface area contributed by atoms with Gasteiger partial charge in [0.2, 0.25) is 0 Å². The summed E-state index contributed by atoms with van der Waals surface area (Å²) >= 11 is 0. The van der Waals surface area contributed by atoms with Gasteiger partial charge in [0.1, 0.15) is 17.2 Å². The second-order valence-corrected chi connectivity index (χ2v) is 6.72. The lowest BCUT2D eigenvalue weighted by atomic mass is 10.0. The van der Waals surface area contributed by atoms with Crippen molar-refractivity contribution in [2.75, 3.05) is 39.3 Å². The first-order chi connectivity index (χ1) is 13.9. The number of methoxy groups -OCH3 is 2. The number of imide groups is 1. The maximum atomic E-state index is 13.4. The molecule has 0 unspecified atom stereocenters. The summed E-state index contributed by atoms with van der Waals surface area (Å²) in [6.45, 7) is 1.95. The van der Waals surface area contributed by atoms with Crippen LogP contribution in [0.3, 0.4) is 0 Å². The Morgan fingerprint density at radius 1 is 1.00 bits per heavy atom. The molecule has 152 valence electrons. The summed E-state index contributed by atoms with van der Waals surface area (Å²) in [5.41, 5.74) is 2.39. The quantitative estimate of drug-likeness (QED) is 0.723. The number of anilines is 1. The third-order valence-corrected chi connectivity index (χ3v) is 4.83. The molecule has 0 bridgehead atoms. The zero-order chi connectivity index (χ0) is 21.1. The van der Waals surface area contributed by atoms with Crippen LogP contribution in [-0.4, -0.2) is 56.2 Å². The number of aliphatic hydroxyl groups excluding tert-OH is 1. The predicted octanol–water partition coefficient (Wildman–Crippen LogP) is 2.22. The molecule has 1 N–H and O–H groups in total. The highest BCUT2D eigenvalue weighted by Gasteiger charge is 2.42. The van der Waals surface area contributed by atoms with Gasteiger partial charge >= 0.3 is 0 Å². The second kappa shape index (κ2) is 8.36. The third kappa shape index (κ3) is 3.69. The largest absolute Gasteiger partial charge is 0.497 e. The Labute approximate surface area is 169 Å². The summed E-state index contributed by atoms with van der Waals surface area (Å²) in [5, 5.41) is 9.37. The minimum Gasteiger partial charge on any atom is -0.497 e. The summed E-state index contributed by atoms with van der Waals surface area (Å²) in [7, 11) is 4.73. The molecule has 29 heavy (non-hydrogen) atoms. The van der Waals surface area contributed by atoms with Gasteiger partial charge in [-0.15, -0.1) is 0 Å². The first-order valence-corrected chi connectivity index (χ1v) is 9.17. The van der Waals surface area contributed by atoms with Crippen LogP contribution in [0.2, 0.25) is 0 Å². The average Bonchev–Trinajstić information content (AvgIpc) is 2.98. The maximum absolute atomic E-state index is 13.4. The van der Waals surface area contributed by atoms with Gasteiger partial charge in [-0.05, 0) is 42.3 Å². The van der Waals surface area contributed by atoms with Crippen molar-refractivity contribution in [2.24, 2.45) is 0 Å². The summed E-state index contributed by atoms with van der Waals surface area (Å²) in [6, 6.07) is 12.3. The highest BCUT2D eigenvalue weighted by molar-refractivity contribution is 6.45. The number of ether oxygens (including phenoxy) is 2. The molecule has 2 amide bonds. The fourth-order valence-corrected chi connectivity index (χ4v) is 3.35. The van der Waals surface area contributed by atoms with E-state index in [2.05, 4.69) is 0 Å². The molecular weight excluding hydrogens is 372 g/mol. The minimum atomic E-state index is -0.458. The van der Waals surface area contributed by atoms with Crippen LogP contribution in [0.15, 0.2) is 48.2 Å². The number of hydrogen-bond donors (Lipinski definition) is 1. The van der Waals surface area contributed by atoms with Gasteiger partial charge in [0.15, 0.2) is 0 Å².